The Bertz CT molecular complexity index is 1210. The van der Waals surface area contributed by atoms with Crippen molar-refractivity contribution in [3.63, 3.8) is 0 Å². The summed E-state index contributed by atoms with van der Waals surface area (Å²) in [6, 6.07) is 10.2. The van der Waals surface area contributed by atoms with E-state index in [4.69, 9.17) is 9.84 Å². The Morgan fingerprint density at radius 1 is 1.02 bits per heavy atom. The third-order valence-electron chi connectivity index (χ3n) is 10.7. The number of esters is 1. The molecule has 4 fully saturated rings. The topological polar surface area (TPSA) is 66.8 Å². The number of hydrogen-bond acceptors (Lipinski definition) is 4. The number of fused-ring (bicyclic) bond motifs is 1. The van der Waals surface area contributed by atoms with E-state index in [9.17, 15) is 9.90 Å². The zero-order chi connectivity index (χ0) is 31.0. The largest absolute Gasteiger partial charge is 0.458 e. The third kappa shape index (κ3) is 7.74. The predicted molar refractivity (Wildman–Crippen MR) is 183 cm³/mol. The maximum Gasteiger partial charge on any atom is 0.334 e. The molecule has 44 heavy (non-hydrogen) atoms. The fourth-order valence-electron chi connectivity index (χ4n) is 8.35. The van der Waals surface area contributed by atoms with Crippen LogP contribution in [0.2, 0.25) is 0 Å². The molecule has 1 saturated heterocycles. The van der Waals surface area contributed by atoms with Crippen molar-refractivity contribution < 1.29 is 19.7 Å². The van der Waals surface area contributed by atoms with Gasteiger partial charge in [-0.2, -0.15) is 0 Å². The Morgan fingerprint density at radius 2 is 1.77 bits per heavy atom. The lowest BCUT2D eigenvalue weighted by Gasteiger charge is -2.42. The van der Waals surface area contributed by atoms with E-state index in [0.29, 0.717) is 29.2 Å². The number of carbonyl (C=O) groups excluding carboxylic acids is 1. The number of benzene rings is 1. The van der Waals surface area contributed by atoms with Crippen molar-refractivity contribution in [1.29, 1.82) is 0 Å². The van der Waals surface area contributed by atoms with Gasteiger partial charge in [0.05, 0.1) is 12.0 Å². The summed E-state index contributed by atoms with van der Waals surface area (Å²) in [7, 11) is 0. The highest BCUT2D eigenvalue weighted by Gasteiger charge is 2.49. The van der Waals surface area contributed by atoms with Gasteiger partial charge in [-0.3, -0.25) is 0 Å². The number of cyclic esters (lactones) is 1. The van der Waals surface area contributed by atoms with E-state index in [1.165, 1.54) is 37.7 Å². The fourth-order valence-corrected chi connectivity index (χ4v) is 8.35. The van der Waals surface area contributed by atoms with Crippen LogP contribution in [-0.4, -0.2) is 35.0 Å². The van der Waals surface area contributed by atoms with Gasteiger partial charge in [-0.15, -0.1) is 0 Å². The molecule has 4 nitrogen and oxygen atoms in total. The van der Waals surface area contributed by atoms with Crippen LogP contribution in [0, 0.1) is 23.2 Å². The van der Waals surface area contributed by atoms with Crippen molar-refractivity contribution in [1.82, 2.24) is 0 Å². The Morgan fingerprint density at radius 3 is 2.50 bits per heavy atom. The Hall–Kier alpha value is -2.69. The van der Waals surface area contributed by atoms with Gasteiger partial charge in [-0.05, 0) is 105 Å². The molecule has 1 aromatic rings. The molecule has 0 amide bonds. The molecule has 3 saturated carbocycles. The number of aliphatic hydroxyl groups excluding tert-OH is 2. The first-order valence-corrected chi connectivity index (χ1v) is 16.8. The van der Waals surface area contributed by atoms with Gasteiger partial charge in [-0.25, -0.2) is 4.79 Å². The van der Waals surface area contributed by atoms with Crippen LogP contribution in [0.3, 0.4) is 0 Å². The summed E-state index contributed by atoms with van der Waals surface area (Å²) >= 11 is 0. The molecule has 242 valence electrons. The van der Waals surface area contributed by atoms with Crippen molar-refractivity contribution in [3.8, 4) is 0 Å². The van der Waals surface area contributed by atoms with E-state index < -0.39 is 6.10 Å². The molecule has 3 aliphatic carbocycles. The Labute approximate surface area is 267 Å². The molecule has 1 aliphatic heterocycles. The zero-order valence-corrected chi connectivity index (χ0v) is 26.8. The minimum Gasteiger partial charge on any atom is -0.458 e. The van der Waals surface area contributed by atoms with Crippen LogP contribution >= 0.6 is 0 Å². The second-order valence-electron chi connectivity index (χ2n) is 13.0. The Kier molecular flexibility index (Phi) is 13.5. The van der Waals surface area contributed by atoms with E-state index in [0.717, 1.165) is 43.2 Å². The first-order chi connectivity index (χ1) is 20.8. The average Bonchev–Trinajstić information content (AvgIpc) is 3.51. The molecule has 0 radical (unpaired) electrons. The summed E-state index contributed by atoms with van der Waals surface area (Å²) in [5, 5.41) is 19.9. The van der Waals surface area contributed by atoms with Crippen molar-refractivity contribution in [2.75, 3.05) is 6.61 Å². The maximum atomic E-state index is 12.4. The van der Waals surface area contributed by atoms with E-state index in [1.807, 2.05) is 44.2 Å². The van der Waals surface area contributed by atoms with Gasteiger partial charge in [0.1, 0.15) is 6.10 Å². The number of aliphatic hydroxyl groups is 2. The van der Waals surface area contributed by atoms with E-state index in [-0.39, 0.29) is 37.9 Å². The second kappa shape index (κ2) is 16.6. The van der Waals surface area contributed by atoms with Crippen molar-refractivity contribution in [2.45, 2.75) is 117 Å². The van der Waals surface area contributed by atoms with E-state index >= 15 is 0 Å². The zero-order valence-electron chi connectivity index (χ0n) is 26.8. The molecule has 7 unspecified atom stereocenters. The highest BCUT2D eigenvalue weighted by Crippen LogP contribution is 2.59. The number of rotatable bonds is 9. The SMILES string of the molecule is C.C=C1/C(=C\C=C2/CCCC3(C)C(CCCC4OC(=O)C(=C)C4c4ccccc4)CCC23)CCC(C=CCCO)C1O.CC. The molecule has 0 bridgehead atoms. The van der Waals surface area contributed by atoms with Gasteiger partial charge in [0.15, 0.2) is 0 Å². The van der Waals surface area contributed by atoms with Gasteiger partial charge >= 0.3 is 5.97 Å². The van der Waals surface area contributed by atoms with Crippen LogP contribution in [0.4, 0.5) is 0 Å². The fraction of sp³-hybridized carbons (Fsp3) is 0.575. The summed E-state index contributed by atoms with van der Waals surface area (Å²) in [6.07, 6.45) is 19.8. The van der Waals surface area contributed by atoms with Crippen molar-refractivity contribution in [3.05, 3.63) is 95.6 Å². The summed E-state index contributed by atoms with van der Waals surface area (Å²) in [5.74, 6) is 1.12. The molecule has 7 atom stereocenters. The summed E-state index contributed by atoms with van der Waals surface area (Å²) in [6.45, 7) is 15.0. The van der Waals surface area contributed by atoms with Gasteiger partial charge in [0.2, 0.25) is 0 Å². The van der Waals surface area contributed by atoms with Gasteiger partial charge in [-0.1, -0.05) is 102 Å². The van der Waals surface area contributed by atoms with Crippen LogP contribution in [0.5, 0.6) is 0 Å². The molecule has 0 spiro atoms. The van der Waals surface area contributed by atoms with E-state index in [1.54, 1.807) is 5.57 Å². The predicted octanol–water partition coefficient (Wildman–Crippen LogP) is 9.42. The normalized spacial score (nSPS) is 33.6. The van der Waals surface area contributed by atoms with Crippen LogP contribution < -0.4 is 0 Å². The lowest BCUT2D eigenvalue weighted by molar-refractivity contribution is -0.139. The molecule has 4 heteroatoms. The van der Waals surface area contributed by atoms with Crippen LogP contribution in [0.1, 0.15) is 110 Å². The maximum absolute atomic E-state index is 12.4. The minimum atomic E-state index is -0.548. The lowest BCUT2D eigenvalue weighted by atomic mass is 9.62. The van der Waals surface area contributed by atoms with E-state index in [2.05, 4.69) is 44.4 Å². The average molecular weight is 603 g/mol. The van der Waals surface area contributed by atoms with Crippen LogP contribution in [0.25, 0.3) is 0 Å². The molecular weight excluding hydrogens is 544 g/mol. The second-order valence-corrected chi connectivity index (χ2v) is 13.0. The number of carbonyl (C=O) groups is 1. The molecular formula is C40H58O4. The van der Waals surface area contributed by atoms with Crippen LogP contribution in [-0.2, 0) is 9.53 Å². The monoisotopic (exact) mass is 602 g/mol. The number of ether oxygens (including phenoxy) is 1. The minimum absolute atomic E-state index is 0. The standard InChI is InChI=1S/C37H48O4.C2H6.CH4/c1-25-27(18-20-30(35(25)39)13-7-8-24-38)17-19-28-14-10-23-37(3)31(21-22-32(28)37)15-9-16-33-34(26(2)36(40)41-33)29-11-5-4-6-12-29;1-2;/h4-7,11-13,17,19,30-35,38-39H,1-2,8-10,14-16,18,20-24H2,3H3;1-2H3;1H4/b13-7?,27-17-,28-19+;;. The first-order valence-electron chi connectivity index (χ1n) is 16.8. The quantitative estimate of drug-likeness (QED) is 0.168. The van der Waals surface area contributed by atoms with Gasteiger partial charge < -0.3 is 14.9 Å². The molecule has 0 aromatic heterocycles. The summed E-state index contributed by atoms with van der Waals surface area (Å²) in [4.78, 5) is 12.4. The third-order valence-corrected chi connectivity index (χ3v) is 10.7. The van der Waals surface area contributed by atoms with Gasteiger partial charge in [0, 0.05) is 18.1 Å². The molecule has 4 aliphatic rings. The highest BCUT2D eigenvalue weighted by atomic mass is 16.6. The summed E-state index contributed by atoms with van der Waals surface area (Å²) in [5.41, 5.74) is 5.64. The lowest BCUT2D eigenvalue weighted by Crippen LogP contribution is -2.33. The molecule has 2 N–H and O–H groups in total. The number of hydrogen-bond donors (Lipinski definition) is 2. The summed E-state index contributed by atoms with van der Waals surface area (Å²) < 4.78 is 5.80. The molecule has 5 rings (SSSR count). The van der Waals surface area contributed by atoms with Crippen molar-refractivity contribution in [2.24, 2.45) is 23.2 Å². The van der Waals surface area contributed by atoms with Crippen molar-refractivity contribution >= 4 is 5.97 Å². The highest BCUT2D eigenvalue weighted by molar-refractivity contribution is 5.92. The smallest absolute Gasteiger partial charge is 0.334 e. The Balaban J connectivity index is 0.00000173. The number of allylic oxidation sites excluding steroid dienone is 3. The first kappa shape index (κ1) is 35.8. The van der Waals surface area contributed by atoms with Crippen LogP contribution in [0.15, 0.2) is 90.1 Å². The molecule has 1 heterocycles. The van der Waals surface area contributed by atoms with Gasteiger partial charge in [0.25, 0.3) is 0 Å². The molecule has 1 aromatic carbocycles.